The van der Waals surface area contributed by atoms with Crippen molar-refractivity contribution >= 4 is 17.9 Å². The Bertz CT molecular complexity index is 1010. The predicted molar refractivity (Wildman–Crippen MR) is 119 cm³/mol. The Morgan fingerprint density at radius 2 is 1.73 bits per heavy atom. The van der Waals surface area contributed by atoms with Crippen LogP contribution in [0.2, 0.25) is 0 Å². The number of hydrogen-bond acceptors (Lipinski definition) is 3. The van der Waals surface area contributed by atoms with Crippen molar-refractivity contribution in [3.8, 4) is 16.9 Å². The van der Waals surface area contributed by atoms with Gasteiger partial charge in [0.15, 0.2) is 0 Å². The third kappa shape index (κ3) is 5.44. The largest absolute Gasteiger partial charge is 0.354 e. The molecule has 0 unspecified atom stereocenters. The highest BCUT2D eigenvalue weighted by atomic mass is 16.2. The number of hydrogen-bond donors (Lipinski definition) is 2. The van der Waals surface area contributed by atoms with E-state index in [2.05, 4.69) is 10.6 Å². The van der Waals surface area contributed by atoms with Gasteiger partial charge in [0.25, 0.3) is 0 Å². The number of aromatic nitrogens is 2. The van der Waals surface area contributed by atoms with Crippen molar-refractivity contribution < 1.29 is 9.59 Å². The second-order valence-electron chi connectivity index (χ2n) is 6.93. The Hall–Kier alpha value is -3.67. The number of carbonyl (C=O) groups excluding carboxylic acids is 2. The summed E-state index contributed by atoms with van der Waals surface area (Å²) in [5.41, 5.74) is 3.47. The van der Waals surface area contributed by atoms with Crippen molar-refractivity contribution in [3.05, 3.63) is 78.5 Å². The van der Waals surface area contributed by atoms with Crippen LogP contribution in [0.4, 0.5) is 0 Å². The molecule has 0 radical (unpaired) electrons. The molecule has 0 saturated heterocycles. The van der Waals surface area contributed by atoms with Crippen LogP contribution in [0.25, 0.3) is 23.0 Å². The highest BCUT2D eigenvalue weighted by molar-refractivity contribution is 5.96. The molecule has 1 atom stereocenters. The molecule has 6 heteroatoms. The van der Waals surface area contributed by atoms with Crippen LogP contribution in [0.5, 0.6) is 0 Å². The highest BCUT2D eigenvalue weighted by Gasteiger charge is 2.14. The number of carbonyl (C=O) groups is 2. The molecule has 2 N–H and O–H groups in total. The number of para-hydroxylation sites is 1. The first-order valence-corrected chi connectivity index (χ1v) is 10.0. The molecule has 1 aromatic heterocycles. The zero-order valence-electron chi connectivity index (χ0n) is 17.2. The first kappa shape index (κ1) is 21.0. The summed E-state index contributed by atoms with van der Waals surface area (Å²) in [6.45, 7) is 4.24. The predicted octanol–water partition coefficient (Wildman–Crippen LogP) is 3.58. The first-order chi connectivity index (χ1) is 14.6. The first-order valence-electron chi connectivity index (χ1n) is 10.0. The van der Waals surface area contributed by atoms with Crippen molar-refractivity contribution in [1.29, 1.82) is 0 Å². The molecule has 2 aromatic carbocycles. The Morgan fingerprint density at radius 3 is 2.40 bits per heavy atom. The van der Waals surface area contributed by atoms with E-state index in [9.17, 15) is 9.59 Å². The molecule has 0 fully saturated rings. The average molecular weight is 402 g/mol. The highest BCUT2D eigenvalue weighted by Crippen LogP contribution is 2.24. The normalized spacial score (nSPS) is 11.9. The van der Waals surface area contributed by atoms with Gasteiger partial charge in [0.2, 0.25) is 11.8 Å². The van der Waals surface area contributed by atoms with E-state index >= 15 is 0 Å². The minimum atomic E-state index is -0.602. The molecular formula is C24H26N4O2. The van der Waals surface area contributed by atoms with Crippen LogP contribution in [-0.2, 0) is 9.59 Å². The minimum Gasteiger partial charge on any atom is -0.354 e. The van der Waals surface area contributed by atoms with Gasteiger partial charge in [0, 0.05) is 29.9 Å². The van der Waals surface area contributed by atoms with Gasteiger partial charge in [-0.25, -0.2) is 4.68 Å². The standard InChI is InChI=1S/C24H26N4O2/c1-3-16-25-24(30)18(2)26-22(29)15-14-20-17-28(21-12-8-5-9-13-21)27-23(20)19-10-6-4-7-11-19/h4-15,17-18H,3,16H2,1-2H3,(H,25,30)(H,26,29)/b15-14+/t18-/m0/s1. The van der Waals surface area contributed by atoms with Crippen LogP contribution in [0.15, 0.2) is 72.9 Å². The number of amides is 2. The van der Waals surface area contributed by atoms with Gasteiger partial charge in [-0.15, -0.1) is 0 Å². The summed E-state index contributed by atoms with van der Waals surface area (Å²) in [5.74, 6) is -0.527. The summed E-state index contributed by atoms with van der Waals surface area (Å²) in [4.78, 5) is 24.3. The van der Waals surface area contributed by atoms with E-state index in [1.807, 2.05) is 73.8 Å². The van der Waals surface area contributed by atoms with E-state index in [0.29, 0.717) is 6.54 Å². The molecule has 0 aliphatic heterocycles. The number of nitrogens with one attached hydrogen (secondary N) is 2. The summed E-state index contributed by atoms with van der Waals surface area (Å²) < 4.78 is 1.79. The zero-order chi connectivity index (χ0) is 21.3. The van der Waals surface area contributed by atoms with Crippen LogP contribution in [-0.4, -0.2) is 34.2 Å². The van der Waals surface area contributed by atoms with Crippen LogP contribution < -0.4 is 10.6 Å². The van der Waals surface area contributed by atoms with Gasteiger partial charge in [-0.05, 0) is 31.6 Å². The van der Waals surface area contributed by atoms with E-state index in [0.717, 1.165) is 28.9 Å². The van der Waals surface area contributed by atoms with E-state index in [4.69, 9.17) is 5.10 Å². The number of benzene rings is 2. The summed E-state index contributed by atoms with van der Waals surface area (Å²) in [5, 5.41) is 10.2. The van der Waals surface area contributed by atoms with Gasteiger partial charge in [0.05, 0.1) is 11.4 Å². The van der Waals surface area contributed by atoms with Gasteiger partial charge >= 0.3 is 0 Å². The van der Waals surface area contributed by atoms with Crippen LogP contribution in [0.1, 0.15) is 25.8 Å². The summed E-state index contributed by atoms with van der Waals surface area (Å²) in [6.07, 6.45) is 5.89. The number of rotatable bonds is 8. The molecule has 2 amide bonds. The lowest BCUT2D eigenvalue weighted by Crippen LogP contribution is -2.44. The maximum Gasteiger partial charge on any atom is 0.244 e. The molecule has 0 aliphatic carbocycles. The van der Waals surface area contributed by atoms with E-state index in [1.54, 1.807) is 17.7 Å². The molecule has 0 aliphatic rings. The second-order valence-corrected chi connectivity index (χ2v) is 6.93. The molecule has 0 spiro atoms. The smallest absolute Gasteiger partial charge is 0.244 e. The topological polar surface area (TPSA) is 76.0 Å². The fourth-order valence-electron chi connectivity index (χ4n) is 2.94. The lowest BCUT2D eigenvalue weighted by molar-refractivity contribution is -0.126. The second kappa shape index (κ2) is 10.2. The Labute approximate surface area is 176 Å². The van der Waals surface area contributed by atoms with Crippen molar-refractivity contribution in [2.75, 3.05) is 6.54 Å². The van der Waals surface area contributed by atoms with Gasteiger partial charge in [-0.2, -0.15) is 5.10 Å². The lowest BCUT2D eigenvalue weighted by Gasteiger charge is -2.12. The van der Waals surface area contributed by atoms with Gasteiger partial charge in [0.1, 0.15) is 6.04 Å². The maximum atomic E-state index is 12.3. The molecule has 3 rings (SSSR count). The maximum absolute atomic E-state index is 12.3. The molecular weight excluding hydrogens is 376 g/mol. The monoisotopic (exact) mass is 402 g/mol. The average Bonchev–Trinajstić information content (AvgIpc) is 3.21. The molecule has 6 nitrogen and oxygen atoms in total. The molecule has 1 heterocycles. The Morgan fingerprint density at radius 1 is 1.07 bits per heavy atom. The van der Waals surface area contributed by atoms with Gasteiger partial charge in [-0.1, -0.05) is 55.5 Å². The van der Waals surface area contributed by atoms with Crippen LogP contribution >= 0.6 is 0 Å². The summed E-state index contributed by atoms with van der Waals surface area (Å²) >= 11 is 0. The molecule has 0 bridgehead atoms. The van der Waals surface area contributed by atoms with Crippen molar-refractivity contribution in [1.82, 2.24) is 20.4 Å². The fraction of sp³-hybridized carbons (Fsp3) is 0.208. The van der Waals surface area contributed by atoms with Gasteiger partial charge < -0.3 is 10.6 Å². The van der Waals surface area contributed by atoms with Gasteiger partial charge in [-0.3, -0.25) is 9.59 Å². The third-order valence-corrected chi connectivity index (χ3v) is 4.53. The Balaban J connectivity index is 1.81. The van der Waals surface area contributed by atoms with Crippen LogP contribution in [0, 0.1) is 0 Å². The summed E-state index contributed by atoms with van der Waals surface area (Å²) in [7, 11) is 0. The zero-order valence-corrected chi connectivity index (χ0v) is 17.2. The molecule has 3 aromatic rings. The third-order valence-electron chi connectivity index (χ3n) is 4.53. The van der Waals surface area contributed by atoms with E-state index in [1.165, 1.54) is 6.08 Å². The molecule has 154 valence electrons. The summed E-state index contributed by atoms with van der Waals surface area (Å²) in [6, 6.07) is 19.0. The SMILES string of the molecule is CCCNC(=O)[C@H](C)NC(=O)/C=C/c1cn(-c2ccccc2)nc1-c1ccccc1. The quantitative estimate of drug-likeness (QED) is 0.566. The lowest BCUT2D eigenvalue weighted by atomic mass is 10.1. The molecule has 0 saturated carbocycles. The fourth-order valence-corrected chi connectivity index (χ4v) is 2.94. The molecule has 30 heavy (non-hydrogen) atoms. The van der Waals surface area contributed by atoms with Crippen molar-refractivity contribution in [2.24, 2.45) is 0 Å². The minimum absolute atomic E-state index is 0.194. The van der Waals surface area contributed by atoms with E-state index in [-0.39, 0.29) is 11.8 Å². The van der Waals surface area contributed by atoms with Crippen molar-refractivity contribution in [3.63, 3.8) is 0 Å². The Kier molecular flexibility index (Phi) is 7.16. The van der Waals surface area contributed by atoms with Crippen LogP contribution in [0.3, 0.4) is 0 Å². The van der Waals surface area contributed by atoms with Crippen molar-refractivity contribution in [2.45, 2.75) is 26.3 Å². The number of nitrogens with zero attached hydrogens (tertiary/aromatic N) is 2. The van der Waals surface area contributed by atoms with E-state index < -0.39 is 6.04 Å².